The Hall–Kier alpha value is -3.88. The summed E-state index contributed by atoms with van der Waals surface area (Å²) >= 11 is 0. The van der Waals surface area contributed by atoms with Crippen LogP contribution in [0, 0.1) is 5.92 Å². The number of aliphatic carboxylic acids is 2. The number of benzene rings is 2. The van der Waals surface area contributed by atoms with E-state index < -0.39 is 42.4 Å². The molecule has 0 saturated heterocycles. The number of hydrogen-bond donors (Lipinski definition) is 4. The van der Waals surface area contributed by atoms with Crippen molar-refractivity contribution in [1.29, 1.82) is 0 Å². The summed E-state index contributed by atoms with van der Waals surface area (Å²) in [6, 6.07) is 13.4. The van der Waals surface area contributed by atoms with E-state index in [0.29, 0.717) is 0 Å². The molecule has 0 aromatic heterocycles. The number of fused-ring (bicyclic) bond motifs is 3. The second-order valence-electron chi connectivity index (χ2n) is 8.98. The summed E-state index contributed by atoms with van der Waals surface area (Å²) in [5, 5.41) is 23.0. The van der Waals surface area contributed by atoms with Crippen molar-refractivity contribution in [3.05, 3.63) is 59.7 Å². The molecule has 4 N–H and O–H groups in total. The van der Waals surface area contributed by atoms with Crippen LogP contribution >= 0.6 is 0 Å². The molecule has 3 rings (SSSR count). The largest absolute Gasteiger partial charge is 0.481 e. The summed E-state index contributed by atoms with van der Waals surface area (Å²) in [5.41, 5.74) is 4.30. The minimum Gasteiger partial charge on any atom is -0.481 e. The molecule has 0 spiro atoms. The number of hydrogen-bond acceptors (Lipinski definition) is 5. The lowest BCUT2D eigenvalue weighted by molar-refractivity contribution is -0.143. The number of alkyl carbamates (subject to hydrolysis) is 1. The maximum Gasteiger partial charge on any atom is 0.407 e. The van der Waals surface area contributed by atoms with Crippen LogP contribution in [0.2, 0.25) is 0 Å². The smallest absolute Gasteiger partial charge is 0.407 e. The zero-order valence-corrected chi connectivity index (χ0v) is 19.7. The summed E-state index contributed by atoms with van der Waals surface area (Å²) in [4.78, 5) is 47.7. The van der Waals surface area contributed by atoms with E-state index in [9.17, 15) is 24.3 Å². The van der Waals surface area contributed by atoms with Gasteiger partial charge in [0.15, 0.2) is 0 Å². The van der Waals surface area contributed by atoms with Crippen molar-refractivity contribution in [3.63, 3.8) is 0 Å². The number of carbonyl (C=O) groups is 4. The molecule has 2 amide bonds. The van der Waals surface area contributed by atoms with Gasteiger partial charge in [0.25, 0.3) is 0 Å². The number of carboxylic acids is 2. The quantitative estimate of drug-likeness (QED) is 0.385. The van der Waals surface area contributed by atoms with Crippen molar-refractivity contribution in [1.82, 2.24) is 10.6 Å². The van der Waals surface area contributed by atoms with Crippen molar-refractivity contribution < 1.29 is 34.1 Å². The van der Waals surface area contributed by atoms with Gasteiger partial charge in [0.05, 0.1) is 0 Å². The van der Waals surface area contributed by atoms with E-state index in [2.05, 4.69) is 10.6 Å². The Morgan fingerprint density at radius 3 is 1.97 bits per heavy atom. The minimum absolute atomic E-state index is 0.0157. The number of ether oxygens (including phenoxy) is 1. The molecule has 0 fully saturated rings. The Morgan fingerprint density at radius 2 is 1.46 bits per heavy atom. The summed E-state index contributed by atoms with van der Waals surface area (Å²) in [7, 11) is 0. The molecule has 0 radical (unpaired) electrons. The van der Waals surface area contributed by atoms with E-state index in [1.807, 2.05) is 62.4 Å². The molecular formula is C26H30N2O7. The Bertz CT molecular complexity index is 1050. The number of rotatable bonds is 11. The summed E-state index contributed by atoms with van der Waals surface area (Å²) in [6.07, 6.45) is -1.21. The topological polar surface area (TPSA) is 142 Å². The van der Waals surface area contributed by atoms with Crippen molar-refractivity contribution in [2.24, 2.45) is 5.92 Å². The number of carbonyl (C=O) groups excluding carboxylic acids is 2. The highest BCUT2D eigenvalue weighted by Crippen LogP contribution is 2.44. The van der Waals surface area contributed by atoms with Gasteiger partial charge in [0.2, 0.25) is 5.91 Å². The second kappa shape index (κ2) is 11.5. The van der Waals surface area contributed by atoms with E-state index in [-0.39, 0.29) is 31.3 Å². The molecule has 35 heavy (non-hydrogen) atoms. The normalized spacial score (nSPS) is 13.9. The minimum atomic E-state index is -1.38. The molecule has 0 saturated carbocycles. The third-order valence-corrected chi connectivity index (χ3v) is 5.92. The summed E-state index contributed by atoms with van der Waals surface area (Å²) in [6.45, 7) is 3.80. The number of carboxylic acid groups (broad SMARTS) is 2. The lowest BCUT2D eigenvalue weighted by Gasteiger charge is -2.23. The van der Waals surface area contributed by atoms with E-state index in [0.717, 1.165) is 22.3 Å². The lowest BCUT2D eigenvalue weighted by Crippen LogP contribution is -2.52. The fraction of sp³-hybridized carbons (Fsp3) is 0.385. The second-order valence-corrected chi connectivity index (χ2v) is 8.98. The highest BCUT2D eigenvalue weighted by Gasteiger charge is 2.31. The zero-order valence-electron chi connectivity index (χ0n) is 19.7. The SMILES string of the molecule is CC(C)C[C@H](NC(=O)OCC1c2ccccc2-c2ccccc21)C(=O)N[C@@H](CCC(=O)O)C(=O)O. The van der Waals surface area contributed by atoms with Crippen molar-refractivity contribution in [3.8, 4) is 11.1 Å². The van der Waals surface area contributed by atoms with Gasteiger partial charge in [-0.15, -0.1) is 0 Å². The first-order chi connectivity index (χ1) is 16.7. The van der Waals surface area contributed by atoms with Crippen LogP contribution in [0.15, 0.2) is 48.5 Å². The first-order valence-electron chi connectivity index (χ1n) is 11.5. The van der Waals surface area contributed by atoms with E-state index >= 15 is 0 Å². The average Bonchev–Trinajstić information content (AvgIpc) is 3.13. The molecule has 0 aliphatic heterocycles. The maximum absolute atomic E-state index is 12.8. The van der Waals surface area contributed by atoms with Gasteiger partial charge in [-0.3, -0.25) is 9.59 Å². The van der Waals surface area contributed by atoms with E-state index in [1.54, 1.807) is 0 Å². The van der Waals surface area contributed by atoms with Gasteiger partial charge in [-0.1, -0.05) is 62.4 Å². The van der Waals surface area contributed by atoms with Crippen LogP contribution in [0.25, 0.3) is 11.1 Å². The molecule has 1 aliphatic carbocycles. The van der Waals surface area contributed by atoms with Crippen LogP contribution in [0.4, 0.5) is 4.79 Å². The number of nitrogens with one attached hydrogen (secondary N) is 2. The van der Waals surface area contributed by atoms with Crippen LogP contribution in [0.5, 0.6) is 0 Å². The first kappa shape index (κ1) is 25.7. The fourth-order valence-corrected chi connectivity index (χ4v) is 4.28. The Morgan fingerprint density at radius 1 is 0.886 bits per heavy atom. The lowest BCUT2D eigenvalue weighted by atomic mass is 9.98. The van der Waals surface area contributed by atoms with Gasteiger partial charge in [0, 0.05) is 12.3 Å². The molecule has 9 nitrogen and oxygen atoms in total. The monoisotopic (exact) mass is 482 g/mol. The van der Waals surface area contributed by atoms with Crippen molar-refractivity contribution in [2.75, 3.05) is 6.61 Å². The molecule has 186 valence electrons. The van der Waals surface area contributed by atoms with Crippen LogP contribution in [-0.2, 0) is 19.1 Å². The van der Waals surface area contributed by atoms with Gasteiger partial charge in [0.1, 0.15) is 18.7 Å². The molecule has 0 unspecified atom stereocenters. The molecular weight excluding hydrogens is 452 g/mol. The van der Waals surface area contributed by atoms with Crippen LogP contribution in [0.1, 0.15) is 50.2 Å². The zero-order chi connectivity index (χ0) is 25.5. The molecule has 1 aliphatic rings. The molecule has 0 heterocycles. The molecule has 9 heteroatoms. The average molecular weight is 483 g/mol. The molecule has 0 bridgehead atoms. The highest BCUT2D eigenvalue weighted by molar-refractivity contribution is 5.89. The molecule has 2 aromatic carbocycles. The predicted octanol–water partition coefficient (Wildman–Crippen LogP) is 3.37. The summed E-state index contributed by atoms with van der Waals surface area (Å²) in [5.74, 6) is -3.34. The van der Waals surface area contributed by atoms with Gasteiger partial charge in [-0.2, -0.15) is 0 Å². The van der Waals surface area contributed by atoms with Crippen molar-refractivity contribution in [2.45, 2.75) is 51.1 Å². The Balaban J connectivity index is 1.65. The Labute approximate surface area is 203 Å². The van der Waals surface area contributed by atoms with Gasteiger partial charge in [-0.05, 0) is 41.0 Å². The standard InChI is InChI=1S/C26H30N2O7/c1-15(2)13-22(24(31)27-21(25(32)33)11-12-23(29)30)28-26(34)35-14-20-18-9-5-3-7-16(18)17-8-4-6-10-19(17)20/h3-10,15,20-22H,11-14H2,1-2H3,(H,27,31)(H,28,34)(H,29,30)(H,32,33)/t21-,22-/m0/s1. The third-order valence-electron chi connectivity index (χ3n) is 5.92. The van der Waals surface area contributed by atoms with E-state index in [1.165, 1.54) is 0 Å². The van der Waals surface area contributed by atoms with Gasteiger partial charge < -0.3 is 25.6 Å². The van der Waals surface area contributed by atoms with Crippen molar-refractivity contribution >= 4 is 23.9 Å². The van der Waals surface area contributed by atoms with Crippen LogP contribution in [0.3, 0.4) is 0 Å². The van der Waals surface area contributed by atoms with Gasteiger partial charge in [-0.25, -0.2) is 9.59 Å². The van der Waals surface area contributed by atoms with Crippen LogP contribution < -0.4 is 10.6 Å². The predicted molar refractivity (Wildman–Crippen MR) is 128 cm³/mol. The maximum atomic E-state index is 12.8. The third kappa shape index (κ3) is 6.59. The first-order valence-corrected chi connectivity index (χ1v) is 11.5. The Kier molecular flexibility index (Phi) is 8.46. The van der Waals surface area contributed by atoms with E-state index in [4.69, 9.17) is 9.84 Å². The molecule has 2 aromatic rings. The summed E-state index contributed by atoms with van der Waals surface area (Å²) < 4.78 is 5.51. The highest BCUT2D eigenvalue weighted by atomic mass is 16.5. The number of amides is 2. The van der Waals surface area contributed by atoms with Gasteiger partial charge >= 0.3 is 18.0 Å². The molecule has 2 atom stereocenters. The van der Waals surface area contributed by atoms with Crippen LogP contribution in [-0.4, -0.2) is 52.8 Å². The fourth-order valence-electron chi connectivity index (χ4n) is 4.28.